The highest BCUT2D eigenvalue weighted by molar-refractivity contribution is 7.90. The zero-order valence-corrected chi connectivity index (χ0v) is 33.4. The van der Waals surface area contributed by atoms with Crippen LogP contribution in [0.2, 0.25) is 0 Å². The van der Waals surface area contributed by atoms with Crippen LogP contribution in [0.3, 0.4) is 0 Å². The SMILES string of the molecule is CC(C)(C)OC(=O)N[C@H]1CCCCC/C=C\[C@@H]2C[C@@]2(C(=O)NS(=O)(=O)CC(=O)Nc2ccccc2)NC(=O)[C@@H]2C[C@@H](OC(=O)N3Cc4cccc(F)c4C3)CN2C1=O. The fourth-order valence-corrected chi connectivity index (χ4v) is 8.46. The molecule has 6 rings (SSSR count). The topological polar surface area (TPSA) is 210 Å². The zero-order chi connectivity index (χ0) is 41.8. The molecule has 6 amide bonds. The molecule has 18 heteroatoms. The molecule has 4 aliphatic rings. The first-order valence-corrected chi connectivity index (χ1v) is 21.0. The van der Waals surface area contributed by atoms with Gasteiger partial charge in [-0.25, -0.2) is 22.4 Å². The van der Waals surface area contributed by atoms with Crippen LogP contribution in [0.25, 0.3) is 0 Å². The lowest BCUT2D eigenvalue weighted by atomic mass is 10.0. The fourth-order valence-electron chi connectivity index (χ4n) is 7.50. The standard InChI is InChI=1S/C40H49FN6O10S/c1-39(2,3)57-37(52)43-31-18-11-6-4-5-8-14-26-20-40(26,36(51)45-58(54,55)24-33(48)42-27-15-9-7-10-16-27)44-34(49)32-19-28(22-47(32)35(31)50)56-38(53)46-21-25-13-12-17-30(41)29(25)23-46/h7-10,12-17,26,28,31-32H,4-6,11,18-24H2,1-3H3,(H,42,48)(H,43,52)(H,44,49)(H,45,51)/b14-8-/t26-,28-,31+,32+,40-/m1/s1. The van der Waals surface area contributed by atoms with Gasteiger partial charge >= 0.3 is 12.2 Å². The second-order valence-corrected chi connectivity index (χ2v) is 17.8. The smallest absolute Gasteiger partial charge is 0.410 e. The van der Waals surface area contributed by atoms with Gasteiger partial charge in [-0.05, 0) is 70.2 Å². The average Bonchev–Trinajstić information content (AvgIpc) is 3.43. The summed E-state index contributed by atoms with van der Waals surface area (Å²) in [6.45, 7) is 4.83. The van der Waals surface area contributed by atoms with E-state index in [1.807, 2.05) is 10.8 Å². The summed E-state index contributed by atoms with van der Waals surface area (Å²) < 4.78 is 53.9. The maximum Gasteiger partial charge on any atom is 0.410 e. The Bertz CT molecular complexity index is 2080. The van der Waals surface area contributed by atoms with Crippen molar-refractivity contribution in [3.63, 3.8) is 0 Å². The van der Waals surface area contributed by atoms with Gasteiger partial charge in [-0.15, -0.1) is 0 Å². The number of nitrogens with zero attached hydrogens (tertiary/aromatic N) is 2. The van der Waals surface area contributed by atoms with Gasteiger partial charge in [0.2, 0.25) is 27.7 Å². The van der Waals surface area contributed by atoms with Crippen LogP contribution in [-0.2, 0) is 51.8 Å². The van der Waals surface area contributed by atoms with Gasteiger partial charge in [0.15, 0.2) is 0 Å². The van der Waals surface area contributed by atoms with Crippen molar-refractivity contribution in [2.24, 2.45) is 5.92 Å². The first kappa shape index (κ1) is 42.1. The normalized spacial score (nSPS) is 25.4. The van der Waals surface area contributed by atoms with E-state index in [0.29, 0.717) is 42.5 Å². The second-order valence-electron chi connectivity index (χ2n) is 16.1. The molecule has 3 aliphatic heterocycles. The number of alkyl carbamates (subject to hydrolysis) is 1. The van der Waals surface area contributed by atoms with Gasteiger partial charge in [-0.1, -0.05) is 55.3 Å². The molecule has 58 heavy (non-hydrogen) atoms. The maximum absolute atomic E-state index is 14.5. The van der Waals surface area contributed by atoms with Crippen molar-refractivity contribution in [2.75, 3.05) is 17.6 Å². The van der Waals surface area contributed by atoms with Gasteiger partial charge in [0.05, 0.1) is 13.1 Å². The Kier molecular flexibility index (Phi) is 12.4. The van der Waals surface area contributed by atoms with Gasteiger partial charge < -0.3 is 30.3 Å². The predicted octanol–water partition coefficient (Wildman–Crippen LogP) is 3.62. The minimum absolute atomic E-state index is 0.0286. The van der Waals surface area contributed by atoms with Crippen LogP contribution in [0.4, 0.5) is 19.7 Å². The highest BCUT2D eigenvalue weighted by atomic mass is 32.2. The van der Waals surface area contributed by atoms with E-state index in [9.17, 15) is 41.6 Å². The molecular weight excluding hydrogens is 776 g/mol. The number of hydrogen-bond donors (Lipinski definition) is 4. The van der Waals surface area contributed by atoms with Gasteiger partial charge in [0, 0.05) is 30.1 Å². The molecule has 16 nitrogen and oxygen atoms in total. The number of halogens is 1. The Hall–Kier alpha value is -5.52. The molecule has 0 radical (unpaired) electrons. The first-order chi connectivity index (χ1) is 27.4. The van der Waals surface area contributed by atoms with Crippen molar-refractivity contribution in [3.8, 4) is 0 Å². The van der Waals surface area contributed by atoms with Crippen LogP contribution in [-0.4, -0.2) is 95.7 Å². The van der Waals surface area contributed by atoms with Crippen molar-refractivity contribution in [2.45, 2.75) is 108 Å². The predicted molar refractivity (Wildman–Crippen MR) is 207 cm³/mol. The first-order valence-electron chi connectivity index (χ1n) is 19.3. The third-order valence-corrected chi connectivity index (χ3v) is 11.6. The number of sulfonamides is 1. The van der Waals surface area contributed by atoms with E-state index in [1.54, 1.807) is 69.3 Å². The third-order valence-electron chi connectivity index (χ3n) is 10.4. The van der Waals surface area contributed by atoms with E-state index >= 15 is 0 Å². The summed E-state index contributed by atoms with van der Waals surface area (Å²) in [5, 5.41) is 7.82. The Morgan fingerprint density at radius 2 is 1.76 bits per heavy atom. The Labute approximate surface area is 336 Å². The van der Waals surface area contributed by atoms with E-state index < -0.39 is 92.7 Å². The molecule has 0 aromatic heterocycles. The molecule has 0 spiro atoms. The van der Waals surface area contributed by atoms with Gasteiger partial charge in [0.25, 0.3) is 5.91 Å². The number of anilines is 1. The largest absolute Gasteiger partial charge is 0.444 e. The molecule has 2 aromatic carbocycles. The molecule has 2 aromatic rings. The van der Waals surface area contributed by atoms with Crippen molar-refractivity contribution in [3.05, 3.63) is 77.6 Å². The van der Waals surface area contributed by atoms with Crippen molar-refractivity contribution < 1.29 is 51.0 Å². The number of nitrogens with one attached hydrogen (secondary N) is 4. The van der Waals surface area contributed by atoms with Crippen molar-refractivity contribution in [1.29, 1.82) is 0 Å². The molecule has 3 heterocycles. The van der Waals surface area contributed by atoms with E-state index in [0.717, 1.165) is 0 Å². The molecule has 4 N–H and O–H groups in total. The minimum Gasteiger partial charge on any atom is -0.444 e. The number of carbonyl (C=O) groups is 6. The number of fused-ring (bicyclic) bond motifs is 3. The number of allylic oxidation sites excluding steroid dienone is 1. The second kappa shape index (κ2) is 17.1. The molecular formula is C40H49FN6O10S. The summed E-state index contributed by atoms with van der Waals surface area (Å²) in [6, 6.07) is 10.3. The lowest BCUT2D eigenvalue weighted by Crippen LogP contribution is -2.58. The third kappa shape index (κ3) is 10.3. The van der Waals surface area contributed by atoms with Crippen molar-refractivity contribution >= 4 is 51.5 Å². The van der Waals surface area contributed by atoms with Crippen LogP contribution >= 0.6 is 0 Å². The van der Waals surface area contributed by atoms with Crippen LogP contribution < -0.4 is 20.7 Å². The molecule has 1 saturated carbocycles. The summed E-state index contributed by atoms with van der Waals surface area (Å²) in [7, 11) is -4.54. The van der Waals surface area contributed by atoms with Crippen LogP contribution in [0.15, 0.2) is 60.7 Å². The minimum atomic E-state index is -4.54. The maximum atomic E-state index is 14.5. The Morgan fingerprint density at radius 3 is 2.48 bits per heavy atom. The van der Waals surface area contributed by atoms with Gasteiger partial charge in [-0.2, -0.15) is 0 Å². The van der Waals surface area contributed by atoms with Crippen LogP contribution in [0.1, 0.15) is 76.8 Å². The molecule has 1 aliphatic carbocycles. The molecule has 312 valence electrons. The number of hydrogen-bond acceptors (Lipinski definition) is 10. The summed E-state index contributed by atoms with van der Waals surface area (Å²) in [4.78, 5) is 84.0. The number of carbonyl (C=O) groups excluding carboxylic acids is 6. The van der Waals surface area contributed by atoms with Crippen LogP contribution in [0, 0.1) is 11.7 Å². The fraction of sp³-hybridized carbons (Fsp3) is 0.500. The number of para-hydroxylation sites is 1. The van der Waals surface area contributed by atoms with Gasteiger partial charge in [0.1, 0.15) is 40.9 Å². The average molecular weight is 825 g/mol. The molecule has 5 atom stereocenters. The van der Waals surface area contributed by atoms with E-state index in [2.05, 4.69) is 16.0 Å². The number of amides is 6. The zero-order valence-electron chi connectivity index (χ0n) is 32.6. The molecule has 2 fully saturated rings. The summed E-state index contributed by atoms with van der Waals surface area (Å²) in [5.41, 5.74) is -1.28. The summed E-state index contributed by atoms with van der Waals surface area (Å²) in [6.07, 6.45) is 3.45. The van der Waals surface area contributed by atoms with Crippen molar-refractivity contribution in [1.82, 2.24) is 25.2 Å². The van der Waals surface area contributed by atoms with Gasteiger partial charge in [-0.3, -0.25) is 28.8 Å². The quantitative estimate of drug-likeness (QED) is 0.298. The van der Waals surface area contributed by atoms with E-state index in [-0.39, 0.29) is 38.9 Å². The Balaban J connectivity index is 1.23. The molecule has 1 saturated heterocycles. The number of rotatable bonds is 7. The number of ether oxygens (including phenoxy) is 2. The Morgan fingerprint density at radius 1 is 1.00 bits per heavy atom. The highest BCUT2D eigenvalue weighted by Crippen LogP contribution is 2.46. The molecule has 0 unspecified atom stereocenters. The lowest BCUT2D eigenvalue weighted by molar-refractivity contribution is -0.141. The van der Waals surface area contributed by atoms with E-state index in [4.69, 9.17) is 9.47 Å². The summed E-state index contributed by atoms with van der Waals surface area (Å²) in [5.74, 6) is -5.56. The van der Waals surface area contributed by atoms with E-state index in [1.165, 1.54) is 15.9 Å². The lowest BCUT2D eigenvalue weighted by Gasteiger charge is -2.30. The number of benzene rings is 2. The molecule has 0 bridgehead atoms. The van der Waals surface area contributed by atoms with Crippen LogP contribution in [0.5, 0.6) is 0 Å². The monoisotopic (exact) mass is 824 g/mol. The summed E-state index contributed by atoms with van der Waals surface area (Å²) >= 11 is 0. The highest BCUT2D eigenvalue weighted by Gasteiger charge is 2.61.